The highest BCUT2D eigenvalue weighted by Gasteiger charge is 2.25. The van der Waals surface area contributed by atoms with Gasteiger partial charge in [-0.05, 0) is 26.7 Å². The summed E-state index contributed by atoms with van der Waals surface area (Å²) >= 11 is 0. The van der Waals surface area contributed by atoms with E-state index in [1.54, 1.807) is 0 Å². The number of anilines is 1. The summed E-state index contributed by atoms with van der Waals surface area (Å²) in [5.41, 5.74) is 8.35. The number of hydrogen-bond acceptors (Lipinski definition) is 4. The predicted octanol–water partition coefficient (Wildman–Crippen LogP) is 1.23. The fraction of sp³-hybridized carbons (Fsp3) is 0.786. The van der Waals surface area contributed by atoms with Crippen molar-refractivity contribution in [3.63, 3.8) is 0 Å². The molecule has 0 spiro atoms. The molecule has 2 unspecified atom stereocenters. The van der Waals surface area contributed by atoms with Crippen molar-refractivity contribution in [2.75, 3.05) is 24.6 Å². The Balaban J connectivity index is 2.27. The zero-order valence-corrected chi connectivity index (χ0v) is 12.5. The lowest BCUT2D eigenvalue weighted by atomic mass is 10.1. The Bertz CT molecular complexity index is 427. The first kappa shape index (κ1) is 14.3. The Morgan fingerprint density at radius 2 is 2.26 bits per heavy atom. The van der Waals surface area contributed by atoms with Crippen LogP contribution in [0, 0.1) is 6.92 Å². The molecule has 0 aromatic carbocycles. The Labute approximate surface area is 115 Å². The standard InChI is InChI=1S/C14H26N4O/c1-5-12-9-18(6-7-19-12)14-13(8-10(2)15)11(3)16-17(14)4/h10,12H,5-9,15H2,1-4H3. The normalized spacial score (nSPS) is 21.7. The van der Waals surface area contributed by atoms with E-state index in [1.165, 1.54) is 11.4 Å². The zero-order chi connectivity index (χ0) is 14.0. The average molecular weight is 266 g/mol. The molecule has 0 aliphatic carbocycles. The number of hydrogen-bond donors (Lipinski definition) is 1. The Kier molecular flexibility index (Phi) is 4.47. The van der Waals surface area contributed by atoms with E-state index in [2.05, 4.69) is 23.8 Å². The summed E-state index contributed by atoms with van der Waals surface area (Å²) in [4.78, 5) is 2.40. The smallest absolute Gasteiger partial charge is 0.130 e. The number of nitrogens with two attached hydrogens (primary N) is 1. The first-order valence-electron chi connectivity index (χ1n) is 7.17. The molecule has 5 nitrogen and oxygen atoms in total. The summed E-state index contributed by atoms with van der Waals surface area (Å²) in [6.45, 7) is 8.96. The van der Waals surface area contributed by atoms with Crippen LogP contribution >= 0.6 is 0 Å². The zero-order valence-electron chi connectivity index (χ0n) is 12.5. The molecule has 0 radical (unpaired) electrons. The van der Waals surface area contributed by atoms with E-state index < -0.39 is 0 Å². The van der Waals surface area contributed by atoms with Crippen LogP contribution < -0.4 is 10.6 Å². The first-order valence-corrected chi connectivity index (χ1v) is 7.17. The van der Waals surface area contributed by atoms with E-state index in [0.29, 0.717) is 6.10 Å². The summed E-state index contributed by atoms with van der Waals surface area (Å²) in [5, 5.41) is 4.57. The number of morpholine rings is 1. The van der Waals surface area contributed by atoms with Gasteiger partial charge < -0.3 is 15.4 Å². The van der Waals surface area contributed by atoms with E-state index in [0.717, 1.165) is 38.2 Å². The number of rotatable bonds is 4. The van der Waals surface area contributed by atoms with Crippen LogP contribution in [0.3, 0.4) is 0 Å². The third-order valence-electron chi connectivity index (χ3n) is 3.73. The molecule has 108 valence electrons. The largest absolute Gasteiger partial charge is 0.375 e. The number of ether oxygens (including phenoxy) is 1. The highest BCUT2D eigenvalue weighted by molar-refractivity contribution is 5.51. The summed E-state index contributed by atoms with van der Waals surface area (Å²) in [5.74, 6) is 1.22. The molecule has 2 rings (SSSR count). The van der Waals surface area contributed by atoms with Crippen LogP contribution in [-0.2, 0) is 18.2 Å². The molecule has 2 N–H and O–H groups in total. The van der Waals surface area contributed by atoms with Gasteiger partial charge in [0.05, 0.1) is 18.4 Å². The number of aromatic nitrogens is 2. The quantitative estimate of drug-likeness (QED) is 0.890. The SMILES string of the molecule is CCC1CN(c2c(CC(C)N)c(C)nn2C)CCO1. The maximum atomic E-state index is 5.97. The van der Waals surface area contributed by atoms with Crippen molar-refractivity contribution in [3.8, 4) is 0 Å². The second-order valence-corrected chi connectivity index (χ2v) is 5.54. The van der Waals surface area contributed by atoms with E-state index in [1.807, 2.05) is 18.7 Å². The van der Waals surface area contributed by atoms with Crippen LogP contribution in [-0.4, -0.2) is 41.6 Å². The molecule has 0 bridgehead atoms. The molecular formula is C14H26N4O. The maximum absolute atomic E-state index is 5.97. The van der Waals surface area contributed by atoms with Crippen LogP contribution in [0.25, 0.3) is 0 Å². The Hall–Kier alpha value is -1.07. The second-order valence-electron chi connectivity index (χ2n) is 5.54. The minimum absolute atomic E-state index is 0.157. The number of aryl methyl sites for hydroxylation is 2. The van der Waals surface area contributed by atoms with Crippen molar-refractivity contribution in [2.45, 2.75) is 45.8 Å². The van der Waals surface area contributed by atoms with Gasteiger partial charge in [0.1, 0.15) is 5.82 Å². The lowest BCUT2D eigenvalue weighted by Gasteiger charge is -2.34. The summed E-state index contributed by atoms with van der Waals surface area (Å²) in [6.07, 6.45) is 2.26. The Morgan fingerprint density at radius 1 is 1.53 bits per heavy atom. The molecule has 0 amide bonds. The van der Waals surface area contributed by atoms with Crippen molar-refractivity contribution in [3.05, 3.63) is 11.3 Å². The lowest BCUT2D eigenvalue weighted by Crippen LogP contribution is -2.43. The van der Waals surface area contributed by atoms with E-state index in [9.17, 15) is 0 Å². The third-order valence-corrected chi connectivity index (χ3v) is 3.73. The van der Waals surface area contributed by atoms with Gasteiger partial charge in [-0.2, -0.15) is 5.10 Å². The van der Waals surface area contributed by atoms with Crippen molar-refractivity contribution in [2.24, 2.45) is 12.8 Å². The molecule has 1 saturated heterocycles. The lowest BCUT2D eigenvalue weighted by molar-refractivity contribution is 0.0379. The van der Waals surface area contributed by atoms with Crippen LogP contribution in [0.1, 0.15) is 31.5 Å². The van der Waals surface area contributed by atoms with Crippen LogP contribution in [0.5, 0.6) is 0 Å². The summed E-state index contributed by atoms with van der Waals surface area (Å²) in [7, 11) is 2.02. The highest BCUT2D eigenvalue weighted by Crippen LogP contribution is 2.26. The Morgan fingerprint density at radius 3 is 2.89 bits per heavy atom. The van der Waals surface area contributed by atoms with Gasteiger partial charge in [-0.1, -0.05) is 6.92 Å². The van der Waals surface area contributed by atoms with Crippen LogP contribution in [0.15, 0.2) is 0 Å². The summed E-state index contributed by atoms with van der Waals surface area (Å²) < 4.78 is 7.74. The van der Waals surface area contributed by atoms with Gasteiger partial charge in [0.15, 0.2) is 0 Å². The van der Waals surface area contributed by atoms with Gasteiger partial charge in [0.25, 0.3) is 0 Å². The predicted molar refractivity (Wildman–Crippen MR) is 77.5 cm³/mol. The van der Waals surface area contributed by atoms with Crippen LogP contribution in [0.2, 0.25) is 0 Å². The molecular weight excluding hydrogens is 240 g/mol. The minimum Gasteiger partial charge on any atom is -0.375 e. The molecule has 1 aromatic rings. The maximum Gasteiger partial charge on any atom is 0.130 e. The van der Waals surface area contributed by atoms with E-state index >= 15 is 0 Å². The monoisotopic (exact) mass is 266 g/mol. The van der Waals surface area contributed by atoms with Gasteiger partial charge in [-0.25, -0.2) is 0 Å². The van der Waals surface area contributed by atoms with Crippen molar-refractivity contribution < 1.29 is 4.74 Å². The fourth-order valence-electron chi connectivity index (χ4n) is 2.81. The highest BCUT2D eigenvalue weighted by atomic mass is 16.5. The molecule has 1 aliphatic rings. The second kappa shape index (κ2) is 5.92. The third kappa shape index (κ3) is 3.09. The molecule has 1 aromatic heterocycles. The van der Waals surface area contributed by atoms with Crippen LogP contribution in [0.4, 0.5) is 5.82 Å². The van der Waals surface area contributed by atoms with E-state index in [4.69, 9.17) is 10.5 Å². The van der Waals surface area contributed by atoms with E-state index in [-0.39, 0.29) is 6.04 Å². The topological polar surface area (TPSA) is 56.3 Å². The molecule has 1 fully saturated rings. The first-order chi connectivity index (χ1) is 9.02. The minimum atomic E-state index is 0.157. The average Bonchev–Trinajstić information content (AvgIpc) is 2.63. The van der Waals surface area contributed by atoms with Crippen molar-refractivity contribution >= 4 is 5.82 Å². The molecule has 2 atom stereocenters. The molecule has 5 heteroatoms. The van der Waals surface area contributed by atoms with Crippen molar-refractivity contribution in [1.29, 1.82) is 0 Å². The van der Waals surface area contributed by atoms with Gasteiger partial charge in [-0.15, -0.1) is 0 Å². The molecule has 0 saturated carbocycles. The number of nitrogens with zero attached hydrogens (tertiary/aromatic N) is 3. The fourth-order valence-corrected chi connectivity index (χ4v) is 2.81. The van der Waals surface area contributed by atoms with Gasteiger partial charge in [-0.3, -0.25) is 4.68 Å². The van der Waals surface area contributed by atoms with Gasteiger partial charge in [0, 0.05) is 31.7 Å². The summed E-state index contributed by atoms with van der Waals surface area (Å²) in [6, 6.07) is 0.157. The molecule has 19 heavy (non-hydrogen) atoms. The van der Waals surface area contributed by atoms with Crippen molar-refractivity contribution in [1.82, 2.24) is 9.78 Å². The van der Waals surface area contributed by atoms with Gasteiger partial charge in [0.2, 0.25) is 0 Å². The molecule has 2 heterocycles. The van der Waals surface area contributed by atoms with Gasteiger partial charge >= 0.3 is 0 Å². The molecule has 1 aliphatic heterocycles.